The first kappa shape index (κ1) is 26.8. The summed E-state index contributed by atoms with van der Waals surface area (Å²) in [6.45, 7) is 2.20. The van der Waals surface area contributed by atoms with Gasteiger partial charge in [-0.3, -0.25) is 9.59 Å². The van der Waals surface area contributed by atoms with Crippen molar-refractivity contribution in [2.24, 2.45) is 5.73 Å². The summed E-state index contributed by atoms with van der Waals surface area (Å²) >= 11 is 0. The molecule has 2 N–H and O–H groups in total. The van der Waals surface area contributed by atoms with Crippen molar-refractivity contribution in [1.82, 2.24) is 0 Å². The first-order valence-corrected chi connectivity index (χ1v) is 9.08. The Balaban J connectivity index is -0.00000264. The molecule has 0 aliphatic carbocycles. The second kappa shape index (κ2) is 18.4. The monoisotopic (exact) mass is 367 g/mol. The zero-order valence-electron chi connectivity index (χ0n) is 17.2. The molecule has 0 aliphatic rings. The number of nitrogens with two attached hydrogens (primary N) is 1. The molecule has 0 unspecified atom stereocenters. The fraction of sp³-hybridized carbons (Fsp3) is 0.833. The topological polar surface area (TPSA) is 95.7 Å². The maximum Gasteiger partial charge on any atom is 1.00 e. The Bertz CT molecular complexity index is 383. The average molecular weight is 367 g/mol. The van der Waals surface area contributed by atoms with Gasteiger partial charge in [-0.15, -0.1) is 0 Å². The second-order valence-electron chi connectivity index (χ2n) is 6.09. The molecule has 0 aromatic carbocycles. The van der Waals surface area contributed by atoms with Crippen LogP contribution in [0.3, 0.4) is 0 Å². The van der Waals surface area contributed by atoms with Crippen LogP contribution in [0.25, 0.3) is 0 Å². The molecule has 0 fully saturated rings. The van der Waals surface area contributed by atoms with Crippen LogP contribution in [0.15, 0.2) is 0 Å². The zero-order valence-corrected chi connectivity index (χ0v) is 18.2. The third-order valence-electron chi connectivity index (χ3n) is 3.89. The smallest absolute Gasteiger partial charge is 1.00 e. The van der Waals surface area contributed by atoms with Crippen molar-refractivity contribution < 1.29 is 54.8 Å². The van der Waals surface area contributed by atoms with Crippen molar-refractivity contribution in [3.05, 3.63) is 0 Å². The predicted octanol–water partition coefficient (Wildman–Crippen LogP) is 0.374. The van der Waals surface area contributed by atoms with Crippen LogP contribution in [0.2, 0.25) is 0 Å². The minimum absolute atomic E-state index is 0. The molecule has 6 nitrogen and oxygen atoms in total. The number of hydrogen-bond acceptors (Lipinski definition) is 6. The number of ether oxygens (including phenoxy) is 2. The Kier molecular flexibility index (Phi) is 19.7. The van der Waals surface area contributed by atoms with Gasteiger partial charge < -0.3 is 16.6 Å². The van der Waals surface area contributed by atoms with Gasteiger partial charge in [0.2, 0.25) is 0 Å². The van der Waals surface area contributed by atoms with Crippen LogP contribution in [-0.2, 0) is 23.9 Å². The van der Waals surface area contributed by atoms with E-state index in [1.165, 1.54) is 45.6 Å². The fourth-order valence-corrected chi connectivity index (χ4v) is 2.31. The normalized spacial score (nSPS) is 11.3. The maximum atomic E-state index is 11.6. The Morgan fingerprint density at radius 2 is 1.40 bits per heavy atom. The van der Waals surface area contributed by atoms with Crippen molar-refractivity contribution >= 4 is 17.9 Å². The molecule has 1 atom stereocenters. The molecule has 0 saturated carbocycles. The standard InChI is InChI=1S/C18H33NO5.Na.H/c1-3-4-5-6-7-8-9-10-11-12-17(21)24-18(22)15(19)13-14-16(20)23-2;;/h15H,3-14,19H2,1-2H3;;/q;+1;-1/t15-;;/m0../s1. The third kappa shape index (κ3) is 16.8. The largest absolute Gasteiger partial charge is 1.00 e. The minimum atomic E-state index is -0.976. The minimum Gasteiger partial charge on any atom is -1.00 e. The van der Waals surface area contributed by atoms with E-state index in [1.807, 2.05) is 0 Å². The second-order valence-corrected chi connectivity index (χ2v) is 6.09. The predicted molar refractivity (Wildman–Crippen MR) is 93.3 cm³/mol. The molecule has 0 amide bonds. The molecule has 0 spiro atoms. The number of carbonyl (C=O) groups excluding carboxylic acids is 3. The molecule has 0 aromatic rings. The summed E-state index contributed by atoms with van der Waals surface area (Å²) in [6, 6.07) is -0.976. The molecule has 0 radical (unpaired) electrons. The van der Waals surface area contributed by atoms with Crippen molar-refractivity contribution in [3.63, 3.8) is 0 Å². The van der Waals surface area contributed by atoms with Gasteiger partial charge in [0, 0.05) is 12.8 Å². The molecule has 0 aromatic heterocycles. The van der Waals surface area contributed by atoms with E-state index in [0.717, 1.165) is 19.3 Å². The summed E-state index contributed by atoms with van der Waals surface area (Å²) in [5, 5.41) is 0. The number of hydrogen-bond donors (Lipinski definition) is 1. The van der Waals surface area contributed by atoms with Gasteiger partial charge in [-0.25, -0.2) is 4.79 Å². The number of rotatable bonds is 14. The van der Waals surface area contributed by atoms with E-state index < -0.39 is 23.9 Å². The molecular weight excluding hydrogens is 333 g/mol. The van der Waals surface area contributed by atoms with E-state index in [2.05, 4.69) is 11.7 Å². The number of carbonyl (C=O) groups is 3. The molecule has 0 aliphatic heterocycles. The molecule has 7 heteroatoms. The number of methoxy groups -OCH3 is 1. The van der Waals surface area contributed by atoms with Crippen molar-refractivity contribution in [1.29, 1.82) is 0 Å². The van der Waals surface area contributed by atoms with Crippen LogP contribution < -0.4 is 35.3 Å². The van der Waals surface area contributed by atoms with Crippen LogP contribution in [0, 0.1) is 0 Å². The average Bonchev–Trinajstić information content (AvgIpc) is 2.57. The molecule has 0 bridgehead atoms. The van der Waals surface area contributed by atoms with Gasteiger partial charge in [-0.1, -0.05) is 58.3 Å². The van der Waals surface area contributed by atoms with Crippen molar-refractivity contribution in [2.75, 3.05) is 7.11 Å². The zero-order chi connectivity index (χ0) is 18.2. The number of unbranched alkanes of at least 4 members (excludes halogenated alkanes) is 8. The summed E-state index contributed by atoms with van der Waals surface area (Å²) in [5.41, 5.74) is 5.58. The van der Waals surface area contributed by atoms with Gasteiger partial charge in [0.25, 0.3) is 0 Å². The Hall–Kier alpha value is -0.430. The summed E-state index contributed by atoms with van der Waals surface area (Å²) in [6.07, 6.45) is 10.7. The summed E-state index contributed by atoms with van der Waals surface area (Å²) in [7, 11) is 1.26. The van der Waals surface area contributed by atoms with E-state index in [0.29, 0.717) is 0 Å². The molecule has 25 heavy (non-hydrogen) atoms. The van der Waals surface area contributed by atoms with Crippen molar-refractivity contribution in [2.45, 2.75) is 90.0 Å². The maximum absolute atomic E-state index is 11.6. The van der Waals surface area contributed by atoms with Crippen molar-refractivity contribution in [3.8, 4) is 0 Å². The van der Waals surface area contributed by atoms with E-state index in [4.69, 9.17) is 10.5 Å². The van der Waals surface area contributed by atoms with Crippen LogP contribution in [0.4, 0.5) is 0 Å². The Morgan fingerprint density at radius 1 is 0.880 bits per heavy atom. The van der Waals surface area contributed by atoms with Gasteiger partial charge >= 0.3 is 47.5 Å². The van der Waals surface area contributed by atoms with E-state index >= 15 is 0 Å². The van der Waals surface area contributed by atoms with Gasteiger partial charge in [-0.2, -0.15) is 0 Å². The SMILES string of the molecule is CCCCCCCCCCCC(=O)OC(=O)[C@@H](N)CCC(=O)OC.[H-].[Na+]. The molecule has 142 valence electrons. The Morgan fingerprint density at radius 3 is 1.92 bits per heavy atom. The van der Waals surface area contributed by atoms with E-state index in [9.17, 15) is 14.4 Å². The van der Waals surface area contributed by atoms with E-state index in [-0.39, 0.29) is 50.2 Å². The van der Waals surface area contributed by atoms with Crippen LogP contribution in [0.1, 0.15) is 85.4 Å². The molecule has 0 saturated heterocycles. The first-order valence-electron chi connectivity index (χ1n) is 9.08. The summed E-state index contributed by atoms with van der Waals surface area (Å²) < 4.78 is 9.16. The van der Waals surface area contributed by atoms with Gasteiger partial charge in [0.1, 0.15) is 6.04 Å². The number of esters is 3. The first-order chi connectivity index (χ1) is 11.5. The van der Waals surface area contributed by atoms with E-state index in [1.54, 1.807) is 0 Å². The van der Waals surface area contributed by atoms with Gasteiger partial charge in [0.05, 0.1) is 7.11 Å². The van der Waals surface area contributed by atoms with Crippen LogP contribution in [-0.4, -0.2) is 31.1 Å². The summed E-state index contributed by atoms with van der Waals surface area (Å²) in [5.74, 6) is -1.77. The molecular formula is C18H34NNaO5. The van der Waals surface area contributed by atoms with Gasteiger partial charge in [0.15, 0.2) is 0 Å². The van der Waals surface area contributed by atoms with Crippen LogP contribution >= 0.6 is 0 Å². The third-order valence-corrected chi connectivity index (χ3v) is 3.89. The quantitative estimate of drug-likeness (QED) is 0.206. The fourth-order valence-electron chi connectivity index (χ4n) is 2.31. The molecule has 0 rings (SSSR count). The summed E-state index contributed by atoms with van der Waals surface area (Å²) in [4.78, 5) is 34.1. The molecule has 0 heterocycles. The Labute approximate surface area is 175 Å². The van der Waals surface area contributed by atoms with Crippen LogP contribution in [0.5, 0.6) is 0 Å². The van der Waals surface area contributed by atoms with Gasteiger partial charge in [-0.05, 0) is 12.8 Å².